The number of pyridine rings is 1. The van der Waals surface area contributed by atoms with E-state index in [9.17, 15) is 4.79 Å². The minimum atomic E-state index is -0.432. The first-order chi connectivity index (χ1) is 11.2. The van der Waals surface area contributed by atoms with Gasteiger partial charge in [0.05, 0.1) is 0 Å². The van der Waals surface area contributed by atoms with Crippen LogP contribution in [-0.2, 0) is 4.79 Å². The molecule has 1 amide bonds. The molecule has 2 aromatic rings. The number of nitrogens with one attached hydrogen (secondary N) is 1. The van der Waals surface area contributed by atoms with Gasteiger partial charge in [-0.25, -0.2) is 4.98 Å². The Kier molecular flexibility index (Phi) is 4.82. The van der Waals surface area contributed by atoms with Crippen LogP contribution >= 0.6 is 11.3 Å². The molecule has 2 N–H and O–H groups in total. The molecule has 3 rings (SSSR count). The summed E-state index contributed by atoms with van der Waals surface area (Å²) in [6, 6.07) is 5.82. The minimum Gasteiger partial charge on any atom is -0.387 e. The number of aliphatic hydroxyl groups excluding tert-OH is 1. The Morgan fingerprint density at radius 2 is 2.35 bits per heavy atom. The van der Waals surface area contributed by atoms with E-state index in [2.05, 4.69) is 20.5 Å². The van der Waals surface area contributed by atoms with Gasteiger partial charge in [0.25, 0.3) is 0 Å². The number of hydrogen-bond acceptors (Lipinski definition) is 7. The molecule has 3 heterocycles. The van der Waals surface area contributed by atoms with E-state index in [4.69, 9.17) is 5.11 Å². The van der Waals surface area contributed by atoms with Gasteiger partial charge < -0.3 is 15.3 Å². The van der Waals surface area contributed by atoms with Crippen LogP contribution in [0.4, 0.5) is 10.9 Å². The van der Waals surface area contributed by atoms with Gasteiger partial charge >= 0.3 is 0 Å². The third-order valence-corrected chi connectivity index (χ3v) is 4.61. The van der Waals surface area contributed by atoms with Crippen molar-refractivity contribution in [3.63, 3.8) is 0 Å². The van der Waals surface area contributed by atoms with E-state index in [1.807, 2.05) is 25.1 Å². The number of anilines is 2. The number of nitrogens with zero attached hydrogens (tertiary/aromatic N) is 4. The van der Waals surface area contributed by atoms with Crippen molar-refractivity contribution in [3.8, 4) is 0 Å². The average molecular weight is 333 g/mol. The zero-order valence-electron chi connectivity index (χ0n) is 12.9. The number of hydrogen-bond donors (Lipinski definition) is 2. The smallest absolute Gasteiger partial charge is 0.248 e. The van der Waals surface area contributed by atoms with Gasteiger partial charge in [0.1, 0.15) is 17.4 Å². The van der Waals surface area contributed by atoms with E-state index in [0.717, 1.165) is 29.4 Å². The summed E-state index contributed by atoms with van der Waals surface area (Å²) >= 11 is 1.48. The topological polar surface area (TPSA) is 91.2 Å². The average Bonchev–Trinajstić information content (AvgIpc) is 2.99. The summed E-state index contributed by atoms with van der Waals surface area (Å²) in [5.41, 5.74) is 0.951. The molecule has 0 aromatic carbocycles. The molecule has 0 spiro atoms. The first-order valence-corrected chi connectivity index (χ1v) is 8.40. The van der Waals surface area contributed by atoms with E-state index in [-0.39, 0.29) is 11.8 Å². The van der Waals surface area contributed by atoms with Crippen LogP contribution in [0.3, 0.4) is 0 Å². The molecule has 1 fully saturated rings. The zero-order chi connectivity index (χ0) is 16.2. The van der Waals surface area contributed by atoms with E-state index in [1.165, 1.54) is 11.3 Å². The fraction of sp³-hybridized carbons (Fsp3) is 0.467. The van der Waals surface area contributed by atoms with Crippen LogP contribution in [0.2, 0.25) is 0 Å². The molecule has 8 heteroatoms. The highest BCUT2D eigenvalue weighted by atomic mass is 32.1. The Hall–Kier alpha value is -2.06. The number of piperidine rings is 1. The monoisotopic (exact) mass is 333 g/mol. The highest BCUT2D eigenvalue weighted by Gasteiger charge is 2.25. The van der Waals surface area contributed by atoms with E-state index in [0.29, 0.717) is 18.2 Å². The van der Waals surface area contributed by atoms with Crippen molar-refractivity contribution in [1.82, 2.24) is 20.1 Å². The number of likely N-dealkylation sites (tertiary alicyclic amines) is 1. The number of carbonyl (C=O) groups excluding carboxylic acids is 1. The van der Waals surface area contributed by atoms with Crippen molar-refractivity contribution in [1.29, 1.82) is 0 Å². The maximum Gasteiger partial charge on any atom is 0.248 e. The normalized spacial score (nSPS) is 18.0. The first kappa shape index (κ1) is 15.8. The largest absolute Gasteiger partial charge is 0.387 e. The van der Waals surface area contributed by atoms with E-state index < -0.39 is 6.61 Å². The second-order valence-electron chi connectivity index (χ2n) is 5.54. The highest BCUT2D eigenvalue weighted by Crippen LogP contribution is 2.27. The number of amides is 1. The Bertz CT molecular complexity index is 690. The van der Waals surface area contributed by atoms with Gasteiger partial charge in [0, 0.05) is 24.7 Å². The van der Waals surface area contributed by atoms with Crippen molar-refractivity contribution in [3.05, 3.63) is 28.9 Å². The third-order valence-electron chi connectivity index (χ3n) is 3.86. The van der Waals surface area contributed by atoms with Crippen molar-refractivity contribution in [2.24, 2.45) is 0 Å². The molecule has 1 atom stereocenters. The van der Waals surface area contributed by atoms with Crippen LogP contribution in [0.25, 0.3) is 0 Å². The Labute approximate surface area is 138 Å². The van der Waals surface area contributed by atoms with Gasteiger partial charge in [-0.2, -0.15) is 0 Å². The molecule has 0 saturated carbocycles. The van der Waals surface area contributed by atoms with E-state index >= 15 is 0 Å². The van der Waals surface area contributed by atoms with Crippen LogP contribution in [0.15, 0.2) is 18.2 Å². The standard InChI is InChI=1S/C15H19N5O2S/c1-10-18-19-15(23-10)17-13-6-2-5-12(16-13)11-4-3-7-20(8-11)14(22)9-21/h2,5-6,11,21H,3-4,7-9H2,1H3,(H,16,17,19)/t11-/m1/s1. The predicted molar refractivity (Wildman–Crippen MR) is 87.8 cm³/mol. The molecule has 0 radical (unpaired) electrons. The number of aromatic nitrogens is 3. The molecule has 122 valence electrons. The Morgan fingerprint density at radius 3 is 3.09 bits per heavy atom. The second kappa shape index (κ2) is 7.01. The van der Waals surface area contributed by atoms with Gasteiger partial charge in [-0.1, -0.05) is 17.4 Å². The molecule has 23 heavy (non-hydrogen) atoms. The van der Waals surface area contributed by atoms with Crippen LogP contribution in [-0.4, -0.2) is 50.8 Å². The van der Waals surface area contributed by atoms with Crippen LogP contribution in [0.1, 0.15) is 29.5 Å². The van der Waals surface area contributed by atoms with Gasteiger partial charge in [0.2, 0.25) is 11.0 Å². The second-order valence-corrected chi connectivity index (χ2v) is 6.72. The summed E-state index contributed by atoms with van der Waals surface area (Å²) in [6.45, 7) is 2.78. The van der Waals surface area contributed by atoms with Crippen molar-refractivity contribution in [2.75, 3.05) is 25.0 Å². The first-order valence-electron chi connectivity index (χ1n) is 7.58. The van der Waals surface area contributed by atoms with Crippen molar-refractivity contribution >= 4 is 28.2 Å². The minimum absolute atomic E-state index is 0.192. The maximum atomic E-state index is 11.7. The molecule has 7 nitrogen and oxygen atoms in total. The van der Waals surface area contributed by atoms with Crippen LogP contribution in [0, 0.1) is 6.92 Å². The number of carbonyl (C=O) groups is 1. The SMILES string of the molecule is Cc1nnc(Nc2cccc([C@@H]3CCCN(C(=O)CO)C3)n2)s1. The van der Waals surface area contributed by atoms with Crippen molar-refractivity contribution in [2.45, 2.75) is 25.7 Å². The van der Waals surface area contributed by atoms with Crippen LogP contribution in [0.5, 0.6) is 0 Å². The van der Waals surface area contributed by atoms with Gasteiger partial charge in [0.15, 0.2) is 0 Å². The summed E-state index contributed by atoms with van der Waals surface area (Å²) in [7, 11) is 0. The van der Waals surface area contributed by atoms with Gasteiger partial charge in [-0.3, -0.25) is 4.79 Å². The lowest BCUT2D eigenvalue weighted by atomic mass is 9.94. The molecule has 1 saturated heterocycles. The number of aryl methyl sites for hydroxylation is 1. The number of aliphatic hydroxyl groups is 1. The predicted octanol–water partition coefficient (Wildman–Crippen LogP) is 1.68. The molecular weight excluding hydrogens is 314 g/mol. The zero-order valence-corrected chi connectivity index (χ0v) is 13.7. The number of rotatable bonds is 4. The third kappa shape index (κ3) is 3.83. The summed E-state index contributed by atoms with van der Waals surface area (Å²) in [5, 5.41) is 21.8. The van der Waals surface area contributed by atoms with Crippen LogP contribution < -0.4 is 5.32 Å². The van der Waals surface area contributed by atoms with Gasteiger partial charge in [-0.05, 0) is 31.9 Å². The lowest BCUT2D eigenvalue weighted by Crippen LogP contribution is -2.40. The summed E-state index contributed by atoms with van der Waals surface area (Å²) in [4.78, 5) is 18.0. The fourth-order valence-corrected chi connectivity index (χ4v) is 3.35. The van der Waals surface area contributed by atoms with Gasteiger partial charge in [-0.15, -0.1) is 10.2 Å². The molecule has 2 aromatic heterocycles. The molecule has 1 aliphatic heterocycles. The molecule has 1 aliphatic rings. The molecule has 0 aliphatic carbocycles. The lowest BCUT2D eigenvalue weighted by molar-refractivity contribution is -0.135. The Morgan fingerprint density at radius 1 is 1.48 bits per heavy atom. The molecular formula is C15H19N5O2S. The molecule has 0 unspecified atom stereocenters. The van der Waals surface area contributed by atoms with E-state index in [1.54, 1.807) is 4.90 Å². The quantitative estimate of drug-likeness (QED) is 0.884. The highest BCUT2D eigenvalue weighted by molar-refractivity contribution is 7.15. The summed E-state index contributed by atoms with van der Waals surface area (Å²) in [6.07, 6.45) is 1.91. The lowest BCUT2D eigenvalue weighted by Gasteiger charge is -2.32. The fourth-order valence-electron chi connectivity index (χ4n) is 2.75. The summed E-state index contributed by atoms with van der Waals surface area (Å²) in [5.74, 6) is 0.703. The Balaban J connectivity index is 1.72. The molecule has 0 bridgehead atoms. The summed E-state index contributed by atoms with van der Waals surface area (Å²) < 4.78 is 0. The maximum absolute atomic E-state index is 11.7. The van der Waals surface area contributed by atoms with Crippen molar-refractivity contribution < 1.29 is 9.90 Å².